The molecule has 1 rings (SSSR count). The van der Waals surface area contributed by atoms with E-state index in [1.807, 2.05) is 20.8 Å². The molecule has 1 aromatic heterocycles. The maximum absolute atomic E-state index is 11.9. The van der Waals surface area contributed by atoms with Crippen molar-refractivity contribution in [3.05, 3.63) is 18.1 Å². The van der Waals surface area contributed by atoms with Crippen molar-refractivity contribution >= 4 is 11.7 Å². The molecule has 0 saturated heterocycles. The molecule has 1 amide bonds. The van der Waals surface area contributed by atoms with Gasteiger partial charge in [-0.15, -0.1) is 0 Å². The molecule has 5 heteroatoms. The van der Waals surface area contributed by atoms with E-state index in [0.29, 0.717) is 11.5 Å². The number of hydrogen-bond donors (Lipinski definition) is 2. The van der Waals surface area contributed by atoms with Crippen LogP contribution >= 0.6 is 0 Å². The minimum Gasteiger partial charge on any atom is -0.369 e. The lowest BCUT2D eigenvalue weighted by molar-refractivity contribution is 0.0905. The van der Waals surface area contributed by atoms with Gasteiger partial charge < -0.3 is 10.6 Å². The summed E-state index contributed by atoms with van der Waals surface area (Å²) in [6.07, 6.45) is 4.97. The number of amides is 1. The SMILES string of the molecule is CCCNc1cnc(C(=O)NC(C)(C)CC)cn1. The van der Waals surface area contributed by atoms with Crippen LogP contribution in [0.1, 0.15) is 51.0 Å². The largest absolute Gasteiger partial charge is 0.369 e. The van der Waals surface area contributed by atoms with Crippen LogP contribution in [-0.4, -0.2) is 28.0 Å². The van der Waals surface area contributed by atoms with Gasteiger partial charge in [0.15, 0.2) is 0 Å². The third kappa shape index (κ3) is 4.31. The van der Waals surface area contributed by atoms with Crippen molar-refractivity contribution in [1.29, 1.82) is 0 Å². The van der Waals surface area contributed by atoms with Crippen LogP contribution in [0.25, 0.3) is 0 Å². The summed E-state index contributed by atoms with van der Waals surface area (Å²) in [5.74, 6) is 0.513. The van der Waals surface area contributed by atoms with Crippen molar-refractivity contribution in [3.8, 4) is 0 Å². The molecule has 5 nitrogen and oxygen atoms in total. The van der Waals surface area contributed by atoms with Crippen LogP contribution in [0.3, 0.4) is 0 Å². The van der Waals surface area contributed by atoms with Crippen LogP contribution in [0.2, 0.25) is 0 Å². The minimum atomic E-state index is -0.224. The number of nitrogens with one attached hydrogen (secondary N) is 2. The Morgan fingerprint density at radius 3 is 2.50 bits per heavy atom. The average molecular weight is 250 g/mol. The Labute approximate surface area is 108 Å². The lowest BCUT2D eigenvalue weighted by Gasteiger charge is -2.24. The number of carbonyl (C=O) groups is 1. The van der Waals surface area contributed by atoms with Crippen molar-refractivity contribution in [2.24, 2.45) is 0 Å². The highest BCUT2D eigenvalue weighted by molar-refractivity contribution is 5.92. The number of anilines is 1. The second-order valence-electron chi connectivity index (χ2n) is 4.91. The molecule has 2 N–H and O–H groups in total. The zero-order valence-corrected chi connectivity index (χ0v) is 11.6. The molecular formula is C13H22N4O. The normalized spacial score (nSPS) is 11.1. The number of nitrogens with zero attached hydrogens (tertiary/aromatic N) is 2. The Morgan fingerprint density at radius 2 is 2.00 bits per heavy atom. The molecule has 0 atom stereocenters. The maximum Gasteiger partial charge on any atom is 0.271 e. The standard InChI is InChI=1S/C13H22N4O/c1-5-7-14-11-9-15-10(8-16-11)12(18)17-13(3,4)6-2/h8-9H,5-7H2,1-4H3,(H,14,16)(H,17,18). The second-order valence-corrected chi connectivity index (χ2v) is 4.91. The third-order valence-corrected chi connectivity index (χ3v) is 2.78. The predicted molar refractivity (Wildman–Crippen MR) is 72.6 cm³/mol. The minimum absolute atomic E-state index is 0.184. The van der Waals surface area contributed by atoms with Crippen LogP contribution in [0.5, 0.6) is 0 Å². The van der Waals surface area contributed by atoms with Crippen LogP contribution in [0.15, 0.2) is 12.4 Å². The first-order chi connectivity index (χ1) is 8.48. The molecule has 0 unspecified atom stereocenters. The van der Waals surface area contributed by atoms with Gasteiger partial charge in [-0.05, 0) is 26.7 Å². The fraction of sp³-hybridized carbons (Fsp3) is 0.615. The van der Waals surface area contributed by atoms with E-state index in [1.54, 1.807) is 6.20 Å². The van der Waals surface area contributed by atoms with Crippen molar-refractivity contribution in [2.45, 2.75) is 46.1 Å². The molecule has 0 fully saturated rings. The van der Waals surface area contributed by atoms with Crippen LogP contribution in [0.4, 0.5) is 5.82 Å². The zero-order valence-electron chi connectivity index (χ0n) is 11.6. The second kappa shape index (κ2) is 6.33. The Bertz CT molecular complexity index is 386. The van der Waals surface area contributed by atoms with Crippen molar-refractivity contribution < 1.29 is 4.79 Å². The lowest BCUT2D eigenvalue weighted by Crippen LogP contribution is -2.43. The van der Waals surface area contributed by atoms with E-state index in [-0.39, 0.29) is 11.4 Å². The van der Waals surface area contributed by atoms with E-state index in [1.165, 1.54) is 6.20 Å². The van der Waals surface area contributed by atoms with Gasteiger partial charge in [-0.25, -0.2) is 9.97 Å². The molecule has 0 aliphatic carbocycles. The number of hydrogen-bond acceptors (Lipinski definition) is 4. The van der Waals surface area contributed by atoms with E-state index in [9.17, 15) is 4.79 Å². The highest BCUT2D eigenvalue weighted by Gasteiger charge is 2.19. The van der Waals surface area contributed by atoms with E-state index < -0.39 is 0 Å². The first kappa shape index (κ1) is 14.4. The molecule has 1 aromatic rings. The van der Waals surface area contributed by atoms with E-state index in [2.05, 4.69) is 27.5 Å². The summed E-state index contributed by atoms with van der Waals surface area (Å²) in [5.41, 5.74) is 0.122. The highest BCUT2D eigenvalue weighted by Crippen LogP contribution is 2.08. The summed E-state index contributed by atoms with van der Waals surface area (Å²) in [6, 6.07) is 0. The summed E-state index contributed by atoms with van der Waals surface area (Å²) >= 11 is 0. The van der Waals surface area contributed by atoms with Crippen LogP contribution in [-0.2, 0) is 0 Å². The smallest absolute Gasteiger partial charge is 0.271 e. The average Bonchev–Trinajstić information content (AvgIpc) is 2.36. The monoisotopic (exact) mass is 250 g/mol. The summed E-state index contributed by atoms with van der Waals surface area (Å²) in [7, 11) is 0. The molecular weight excluding hydrogens is 228 g/mol. The summed E-state index contributed by atoms with van der Waals surface area (Å²) in [4.78, 5) is 20.2. The summed E-state index contributed by atoms with van der Waals surface area (Å²) in [5, 5.41) is 6.04. The lowest BCUT2D eigenvalue weighted by atomic mass is 10.0. The predicted octanol–water partition coefficient (Wildman–Crippen LogP) is 2.22. The molecule has 100 valence electrons. The molecule has 18 heavy (non-hydrogen) atoms. The Balaban J connectivity index is 2.64. The first-order valence-electron chi connectivity index (χ1n) is 6.37. The molecule has 0 aliphatic heterocycles. The molecule has 0 aromatic carbocycles. The first-order valence-corrected chi connectivity index (χ1v) is 6.37. The van der Waals surface area contributed by atoms with Crippen molar-refractivity contribution in [1.82, 2.24) is 15.3 Å². The molecule has 0 bridgehead atoms. The van der Waals surface area contributed by atoms with Gasteiger partial charge in [0.1, 0.15) is 11.5 Å². The quantitative estimate of drug-likeness (QED) is 0.812. The molecule has 0 spiro atoms. The van der Waals surface area contributed by atoms with Gasteiger partial charge in [-0.3, -0.25) is 4.79 Å². The molecule has 0 saturated carbocycles. The Kier molecular flexibility index (Phi) is 5.07. The van der Waals surface area contributed by atoms with Gasteiger partial charge in [0.2, 0.25) is 0 Å². The Hall–Kier alpha value is -1.65. The molecule has 1 heterocycles. The van der Waals surface area contributed by atoms with Gasteiger partial charge in [-0.2, -0.15) is 0 Å². The van der Waals surface area contributed by atoms with Crippen molar-refractivity contribution in [2.75, 3.05) is 11.9 Å². The van der Waals surface area contributed by atoms with Gasteiger partial charge in [-0.1, -0.05) is 13.8 Å². The van der Waals surface area contributed by atoms with Crippen LogP contribution < -0.4 is 10.6 Å². The fourth-order valence-corrected chi connectivity index (χ4v) is 1.25. The third-order valence-electron chi connectivity index (χ3n) is 2.78. The van der Waals surface area contributed by atoms with Gasteiger partial charge in [0.05, 0.1) is 12.4 Å². The topological polar surface area (TPSA) is 66.9 Å². The van der Waals surface area contributed by atoms with E-state index in [4.69, 9.17) is 0 Å². The van der Waals surface area contributed by atoms with Gasteiger partial charge in [0, 0.05) is 12.1 Å². The number of carbonyl (C=O) groups excluding carboxylic acids is 1. The fourth-order valence-electron chi connectivity index (χ4n) is 1.25. The summed E-state index contributed by atoms with van der Waals surface area (Å²) in [6.45, 7) is 8.92. The highest BCUT2D eigenvalue weighted by atomic mass is 16.2. The number of aromatic nitrogens is 2. The van der Waals surface area contributed by atoms with E-state index in [0.717, 1.165) is 19.4 Å². The maximum atomic E-state index is 11.9. The Morgan fingerprint density at radius 1 is 1.28 bits per heavy atom. The van der Waals surface area contributed by atoms with Gasteiger partial charge >= 0.3 is 0 Å². The number of rotatable bonds is 6. The van der Waals surface area contributed by atoms with Gasteiger partial charge in [0.25, 0.3) is 5.91 Å². The molecule has 0 radical (unpaired) electrons. The summed E-state index contributed by atoms with van der Waals surface area (Å²) < 4.78 is 0. The van der Waals surface area contributed by atoms with Crippen molar-refractivity contribution in [3.63, 3.8) is 0 Å². The van der Waals surface area contributed by atoms with E-state index >= 15 is 0 Å². The molecule has 0 aliphatic rings. The van der Waals surface area contributed by atoms with Crippen LogP contribution in [0, 0.1) is 0 Å². The zero-order chi connectivity index (χ0) is 13.6.